The van der Waals surface area contributed by atoms with Gasteiger partial charge in [-0.3, -0.25) is 0 Å². The van der Waals surface area contributed by atoms with E-state index in [9.17, 15) is 51.1 Å². The van der Waals surface area contributed by atoms with Crippen LogP contribution in [0.25, 0.3) is 76.5 Å². The summed E-state index contributed by atoms with van der Waals surface area (Å²) in [5, 5.41) is 111. The summed E-state index contributed by atoms with van der Waals surface area (Å²) >= 11 is 0. The number of hydrogen-bond acceptors (Lipinski definition) is 10. The van der Waals surface area contributed by atoms with Gasteiger partial charge in [-0.25, -0.2) is 0 Å². The fraction of sp³-hybridized carbons (Fsp3) is 0.0244. The SMILES string of the molecule is Cc1c(O)c(O)c2c(-c3ccc4c(-c5c6ccccc6c(-c6ccccc6)c6c(O)c(O)c(O)c(O)c56)cccc4c3)c(O)c(O)c(O)c2c1O. The number of phenolic OH excluding ortho intramolecular Hbond substituents is 10. The number of hydrogen-bond donors (Lipinski definition) is 10. The monoisotopic (exact) mass is 680 g/mol. The Morgan fingerprint density at radius 1 is 0.333 bits per heavy atom. The van der Waals surface area contributed by atoms with E-state index in [4.69, 9.17) is 0 Å². The van der Waals surface area contributed by atoms with E-state index in [1.165, 1.54) is 6.92 Å². The molecule has 0 radical (unpaired) electrons. The molecule has 0 saturated heterocycles. The normalized spacial score (nSPS) is 11.6. The Balaban J connectivity index is 1.49. The van der Waals surface area contributed by atoms with Crippen LogP contribution >= 0.6 is 0 Å². The van der Waals surface area contributed by atoms with Gasteiger partial charge in [0.25, 0.3) is 0 Å². The summed E-state index contributed by atoms with van der Waals surface area (Å²) in [4.78, 5) is 0. The van der Waals surface area contributed by atoms with Crippen LogP contribution in [0, 0.1) is 6.92 Å². The van der Waals surface area contributed by atoms with E-state index in [0.717, 1.165) is 0 Å². The van der Waals surface area contributed by atoms with Crippen LogP contribution in [0.4, 0.5) is 0 Å². The van der Waals surface area contributed by atoms with E-state index in [1.54, 1.807) is 36.4 Å². The molecule has 0 heterocycles. The molecular formula is C41H28O10. The van der Waals surface area contributed by atoms with Gasteiger partial charge in [-0.2, -0.15) is 0 Å². The third-order valence-electron chi connectivity index (χ3n) is 9.69. The van der Waals surface area contributed by atoms with Crippen LogP contribution < -0.4 is 0 Å². The van der Waals surface area contributed by atoms with E-state index in [-0.39, 0.29) is 38.2 Å². The number of benzene rings is 8. The zero-order valence-electron chi connectivity index (χ0n) is 26.6. The molecule has 10 N–H and O–H groups in total. The standard InChI is InChI=1S/C41H28O10/c1-17-32(42)31-29(35(45)33(17)43)26(34(44)39(49)38(31)48)20-14-15-21-19(16-20)10-7-13-22(21)27-24-12-6-5-11-23(24)25(18-8-3-2-4-9-18)28-30(27)37(47)41(51)40(50)36(28)46/h2-16,42-51H,1H3. The zero-order chi connectivity index (χ0) is 36.0. The van der Waals surface area contributed by atoms with Crippen LogP contribution in [0.1, 0.15) is 5.56 Å². The molecule has 0 aliphatic rings. The maximum atomic E-state index is 11.5. The molecule has 0 saturated carbocycles. The highest BCUT2D eigenvalue weighted by Crippen LogP contribution is 2.59. The van der Waals surface area contributed by atoms with E-state index in [2.05, 4.69) is 0 Å². The van der Waals surface area contributed by atoms with Crippen LogP contribution in [0.2, 0.25) is 0 Å². The number of phenols is 10. The molecule has 10 heteroatoms. The molecule has 0 bridgehead atoms. The van der Waals surface area contributed by atoms with E-state index in [1.807, 2.05) is 54.6 Å². The van der Waals surface area contributed by atoms with Gasteiger partial charge in [0.2, 0.25) is 17.2 Å². The second kappa shape index (κ2) is 10.9. The number of fused-ring (bicyclic) bond motifs is 4. The van der Waals surface area contributed by atoms with Crippen molar-refractivity contribution in [3.63, 3.8) is 0 Å². The molecule has 0 aromatic heterocycles. The largest absolute Gasteiger partial charge is 0.507 e. The van der Waals surface area contributed by atoms with Gasteiger partial charge >= 0.3 is 0 Å². The van der Waals surface area contributed by atoms with Crippen molar-refractivity contribution >= 4 is 43.1 Å². The molecule has 0 spiro atoms. The van der Waals surface area contributed by atoms with Crippen molar-refractivity contribution in [3.8, 4) is 90.9 Å². The fourth-order valence-electron chi connectivity index (χ4n) is 7.27. The minimum atomic E-state index is -0.944. The highest BCUT2D eigenvalue weighted by atomic mass is 16.3. The average molecular weight is 681 g/mol. The highest BCUT2D eigenvalue weighted by Gasteiger charge is 2.30. The van der Waals surface area contributed by atoms with Gasteiger partial charge in [-0.1, -0.05) is 84.9 Å². The highest BCUT2D eigenvalue weighted by molar-refractivity contribution is 6.27. The molecule has 252 valence electrons. The lowest BCUT2D eigenvalue weighted by molar-refractivity contribution is 0.351. The smallest absolute Gasteiger partial charge is 0.204 e. The lowest BCUT2D eigenvalue weighted by atomic mass is 9.83. The summed E-state index contributed by atoms with van der Waals surface area (Å²) in [5.41, 5.74) is 2.09. The van der Waals surface area contributed by atoms with Crippen molar-refractivity contribution in [2.24, 2.45) is 0 Å². The van der Waals surface area contributed by atoms with Crippen LogP contribution in [0.15, 0.2) is 91.0 Å². The molecule has 0 atom stereocenters. The van der Waals surface area contributed by atoms with Crippen molar-refractivity contribution in [2.45, 2.75) is 6.92 Å². The van der Waals surface area contributed by atoms with Crippen LogP contribution in [-0.4, -0.2) is 51.1 Å². The summed E-state index contributed by atoms with van der Waals surface area (Å²) < 4.78 is 0. The van der Waals surface area contributed by atoms with E-state index in [0.29, 0.717) is 43.8 Å². The van der Waals surface area contributed by atoms with Gasteiger partial charge < -0.3 is 51.1 Å². The van der Waals surface area contributed by atoms with Crippen molar-refractivity contribution in [2.75, 3.05) is 0 Å². The van der Waals surface area contributed by atoms with Crippen molar-refractivity contribution < 1.29 is 51.1 Å². The predicted octanol–water partition coefficient (Wildman–Crippen LogP) is 8.66. The first-order valence-electron chi connectivity index (χ1n) is 15.7. The number of rotatable bonds is 3. The van der Waals surface area contributed by atoms with Crippen LogP contribution in [-0.2, 0) is 0 Å². The molecule has 8 aromatic carbocycles. The van der Waals surface area contributed by atoms with Gasteiger partial charge in [0.15, 0.2) is 34.5 Å². The van der Waals surface area contributed by atoms with E-state index < -0.39 is 57.5 Å². The van der Waals surface area contributed by atoms with Gasteiger partial charge in [-0.05, 0) is 51.2 Å². The van der Waals surface area contributed by atoms with Gasteiger partial charge in [-0.15, -0.1) is 0 Å². The maximum Gasteiger partial charge on any atom is 0.204 e. The Labute approximate surface area is 288 Å². The lowest BCUT2D eigenvalue weighted by Crippen LogP contribution is -1.94. The average Bonchev–Trinajstić information content (AvgIpc) is 3.15. The molecular weight excluding hydrogens is 652 g/mol. The molecule has 0 unspecified atom stereocenters. The lowest BCUT2D eigenvalue weighted by Gasteiger charge is -2.21. The predicted molar refractivity (Wildman–Crippen MR) is 194 cm³/mol. The summed E-state index contributed by atoms with van der Waals surface area (Å²) in [5.74, 6) is -7.69. The minimum Gasteiger partial charge on any atom is -0.507 e. The second-order valence-corrected chi connectivity index (χ2v) is 12.4. The maximum absolute atomic E-state index is 11.5. The van der Waals surface area contributed by atoms with Crippen LogP contribution in [0.5, 0.6) is 57.5 Å². The molecule has 0 aliphatic carbocycles. The van der Waals surface area contributed by atoms with Crippen molar-refractivity contribution in [1.82, 2.24) is 0 Å². The Kier molecular flexibility index (Phi) is 6.65. The molecule has 51 heavy (non-hydrogen) atoms. The quantitative estimate of drug-likeness (QED) is 0.0489. The summed E-state index contributed by atoms with van der Waals surface area (Å²) in [6.07, 6.45) is 0. The summed E-state index contributed by atoms with van der Waals surface area (Å²) in [6, 6.07) is 26.6. The van der Waals surface area contributed by atoms with Gasteiger partial charge in [0.05, 0.1) is 5.39 Å². The first-order chi connectivity index (χ1) is 24.4. The third kappa shape index (κ3) is 4.16. The Hall–Kier alpha value is -7.20. The third-order valence-corrected chi connectivity index (χ3v) is 9.69. The number of aromatic hydroxyl groups is 10. The van der Waals surface area contributed by atoms with Gasteiger partial charge in [0.1, 0.15) is 5.75 Å². The Morgan fingerprint density at radius 3 is 1.53 bits per heavy atom. The van der Waals surface area contributed by atoms with Crippen molar-refractivity contribution in [1.29, 1.82) is 0 Å². The topological polar surface area (TPSA) is 202 Å². The van der Waals surface area contributed by atoms with Gasteiger partial charge in [0, 0.05) is 38.4 Å². The fourth-order valence-corrected chi connectivity index (χ4v) is 7.27. The molecule has 0 aliphatic heterocycles. The molecule has 10 nitrogen and oxygen atoms in total. The molecule has 0 fully saturated rings. The summed E-state index contributed by atoms with van der Waals surface area (Å²) in [6.45, 7) is 1.31. The first kappa shape index (κ1) is 31.1. The van der Waals surface area contributed by atoms with Crippen LogP contribution in [0.3, 0.4) is 0 Å². The minimum absolute atomic E-state index is 0.0790. The second-order valence-electron chi connectivity index (χ2n) is 12.4. The zero-order valence-corrected chi connectivity index (χ0v) is 26.6. The molecule has 0 amide bonds. The molecule has 8 rings (SSSR count). The molecule has 8 aromatic rings. The Morgan fingerprint density at radius 2 is 0.863 bits per heavy atom. The Bertz CT molecular complexity index is 2800. The first-order valence-corrected chi connectivity index (χ1v) is 15.7. The van der Waals surface area contributed by atoms with E-state index >= 15 is 0 Å². The summed E-state index contributed by atoms with van der Waals surface area (Å²) in [7, 11) is 0. The van der Waals surface area contributed by atoms with Crippen molar-refractivity contribution in [3.05, 3.63) is 96.6 Å².